The number of hydrogen-bond donors (Lipinski definition) is 3. The standard InChI is InChI=1S/C33H54O6/c1-18-17-20(27(29(5,6)37)38-19(2)34)39-25-24(18)30(7)13-14-33-16-15-32(33)12-11-23(35)28(3,4)21(32)9-10-22(33)31(30,8)26(25)36/h18,20-27,35-37H,9-17H2,1-8H3/t18-,20?,21?,22?,23+,24+,25?,26+,27+,30?,31-,32?,33+/m1/s1. The SMILES string of the molecule is CC(=O)O[C@@H](C1C[C@@H](C)[C@H]2C(O1)[C@H](O)[C@@]1(C)C3CCC4C(C)(C)[C@@H](O)CCC45CC[C@@]35CCC21C)C(C)(C)O. The minimum absolute atomic E-state index is 0.0453. The summed E-state index contributed by atoms with van der Waals surface area (Å²) < 4.78 is 12.4. The third kappa shape index (κ3) is 3.32. The molecule has 6 unspecified atom stereocenters. The maximum absolute atomic E-state index is 12.4. The van der Waals surface area contributed by atoms with Gasteiger partial charge in [0.15, 0.2) is 6.10 Å². The van der Waals surface area contributed by atoms with Gasteiger partial charge in [0.1, 0.15) is 0 Å². The average molecular weight is 547 g/mol. The zero-order chi connectivity index (χ0) is 28.6. The molecule has 0 aromatic rings. The lowest BCUT2D eigenvalue weighted by molar-refractivity contribution is -0.314. The van der Waals surface area contributed by atoms with Gasteiger partial charge >= 0.3 is 5.97 Å². The number of ether oxygens (including phenoxy) is 2. The Bertz CT molecular complexity index is 1020. The molecule has 0 radical (unpaired) electrons. The van der Waals surface area contributed by atoms with E-state index in [9.17, 15) is 20.1 Å². The quantitative estimate of drug-likeness (QED) is 0.418. The molecule has 5 aliphatic carbocycles. The van der Waals surface area contributed by atoms with Gasteiger partial charge < -0.3 is 24.8 Å². The van der Waals surface area contributed by atoms with E-state index >= 15 is 0 Å². The lowest BCUT2D eigenvalue weighted by atomic mass is 9.26. The molecule has 6 rings (SSSR count). The molecule has 222 valence electrons. The Labute approximate surface area is 235 Å². The number of fused-ring (bicyclic) bond motifs is 4. The highest BCUT2D eigenvalue weighted by molar-refractivity contribution is 5.66. The highest BCUT2D eigenvalue weighted by Gasteiger charge is 2.80. The number of aliphatic hydroxyl groups is 3. The first-order chi connectivity index (χ1) is 18.0. The van der Waals surface area contributed by atoms with Crippen molar-refractivity contribution < 1.29 is 29.6 Å². The van der Waals surface area contributed by atoms with Gasteiger partial charge in [-0.05, 0) is 117 Å². The van der Waals surface area contributed by atoms with Crippen molar-refractivity contribution in [3.05, 3.63) is 0 Å². The molecule has 1 aliphatic heterocycles. The minimum atomic E-state index is -1.24. The molecule has 6 aliphatic rings. The van der Waals surface area contributed by atoms with E-state index in [1.165, 1.54) is 26.2 Å². The van der Waals surface area contributed by atoms with Crippen molar-refractivity contribution in [3.63, 3.8) is 0 Å². The van der Waals surface area contributed by atoms with Crippen molar-refractivity contribution in [2.45, 2.75) is 149 Å². The Kier molecular flexibility index (Phi) is 6.16. The smallest absolute Gasteiger partial charge is 0.303 e. The van der Waals surface area contributed by atoms with Crippen LogP contribution in [-0.4, -0.2) is 57.4 Å². The van der Waals surface area contributed by atoms with Crippen molar-refractivity contribution in [2.24, 2.45) is 50.7 Å². The number of carbonyl (C=O) groups is 1. The van der Waals surface area contributed by atoms with Gasteiger partial charge in [-0.15, -0.1) is 0 Å². The van der Waals surface area contributed by atoms with E-state index < -0.39 is 29.9 Å². The summed E-state index contributed by atoms with van der Waals surface area (Å²) in [4.78, 5) is 12.0. The van der Waals surface area contributed by atoms with Crippen LogP contribution in [-0.2, 0) is 14.3 Å². The second kappa shape index (κ2) is 8.45. The van der Waals surface area contributed by atoms with Crippen molar-refractivity contribution >= 4 is 5.97 Å². The maximum Gasteiger partial charge on any atom is 0.303 e. The van der Waals surface area contributed by atoms with Gasteiger partial charge in [0.05, 0.1) is 30.0 Å². The van der Waals surface area contributed by atoms with Gasteiger partial charge in [0.2, 0.25) is 0 Å². The molecule has 2 spiro atoms. The molecular formula is C33H54O6. The lowest BCUT2D eigenvalue weighted by Gasteiger charge is -2.79. The maximum atomic E-state index is 12.4. The van der Waals surface area contributed by atoms with Crippen LogP contribution in [0.1, 0.15) is 113 Å². The van der Waals surface area contributed by atoms with Crippen molar-refractivity contribution in [2.75, 3.05) is 0 Å². The molecular weight excluding hydrogens is 492 g/mol. The van der Waals surface area contributed by atoms with Gasteiger partial charge in [0, 0.05) is 12.3 Å². The van der Waals surface area contributed by atoms with Crippen molar-refractivity contribution in [1.82, 2.24) is 0 Å². The summed E-state index contributed by atoms with van der Waals surface area (Å²) >= 11 is 0. The number of esters is 1. The van der Waals surface area contributed by atoms with Crippen LogP contribution in [0.3, 0.4) is 0 Å². The van der Waals surface area contributed by atoms with E-state index in [4.69, 9.17) is 9.47 Å². The predicted molar refractivity (Wildman–Crippen MR) is 149 cm³/mol. The summed E-state index contributed by atoms with van der Waals surface area (Å²) in [5.74, 6) is 1.07. The van der Waals surface area contributed by atoms with E-state index in [0.717, 1.165) is 32.1 Å². The highest BCUT2D eigenvalue weighted by atomic mass is 16.6. The van der Waals surface area contributed by atoms with Gasteiger partial charge in [-0.2, -0.15) is 0 Å². The van der Waals surface area contributed by atoms with Crippen LogP contribution in [0, 0.1) is 50.7 Å². The molecule has 6 nitrogen and oxygen atoms in total. The van der Waals surface area contributed by atoms with Crippen LogP contribution in [0.5, 0.6) is 0 Å². The summed E-state index contributed by atoms with van der Waals surface area (Å²) in [6.45, 7) is 16.5. The summed E-state index contributed by atoms with van der Waals surface area (Å²) in [6.07, 6.45) is 7.44. The Morgan fingerprint density at radius 2 is 1.54 bits per heavy atom. The fraction of sp³-hybridized carbons (Fsp3) is 0.970. The van der Waals surface area contributed by atoms with Crippen LogP contribution in [0.4, 0.5) is 0 Å². The molecule has 0 aromatic carbocycles. The monoisotopic (exact) mass is 546 g/mol. The molecule has 5 saturated carbocycles. The Hall–Kier alpha value is -0.690. The van der Waals surface area contributed by atoms with Gasteiger partial charge in [-0.25, -0.2) is 0 Å². The Morgan fingerprint density at radius 3 is 2.13 bits per heavy atom. The van der Waals surface area contributed by atoms with E-state index in [-0.39, 0.29) is 51.1 Å². The zero-order valence-electron chi connectivity index (χ0n) is 25.6. The van der Waals surface area contributed by atoms with Gasteiger partial charge in [0.25, 0.3) is 0 Å². The predicted octanol–water partition coefficient (Wildman–Crippen LogP) is 5.25. The molecule has 6 fully saturated rings. The summed E-state index contributed by atoms with van der Waals surface area (Å²) in [6, 6.07) is 0. The second-order valence-corrected chi connectivity index (χ2v) is 16.6. The molecule has 13 atom stereocenters. The summed E-state index contributed by atoms with van der Waals surface area (Å²) in [7, 11) is 0. The van der Waals surface area contributed by atoms with Crippen LogP contribution < -0.4 is 0 Å². The molecule has 0 bridgehead atoms. The third-order valence-corrected chi connectivity index (χ3v) is 14.6. The van der Waals surface area contributed by atoms with E-state index in [0.29, 0.717) is 18.3 Å². The Balaban J connectivity index is 1.37. The fourth-order valence-electron chi connectivity index (χ4n) is 12.8. The molecule has 1 saturated heterocycles. The van der Waals surface area contributed by atoms with Crippen LogP contribution in [0.25, 0.3) is 0 Å². The fourth-order valence-corrected chi connectivity index (χ4v) is 12.8. The zero-order valence-corrected chi connectivity index (χ0v) is 25.6. The topological polar surface area (TPSA) is 96.2 Å². The van der Waals surface area contributed by atoms with E-state index in [1.54, 1.807) is 13.8 Å². The Morgan fingerprint density at radius 1 is 0.949 bits per heavy atom. The average Bonchev–Trinajstić information content (AvgIpc) is 3.00. The minimum Gasteiger partial charge on any atom is -0.457 e. The largest absolute Gasteiger partial charge is 0.457 e. The molecule has 0 amide bonds. The molecule has 1 heterocycles. The number of hydrogen-bond acceptors (Lipinski definition) is 6. The highest BCUT2D eigenvalue weighted by Crippen LogP contribution is 2.84. The molecule has 3 N–H and O–H groups in total. The van der Waals surface area contributed by atoms with E-state index in [2.05, 4.69) is 34.6 Å². The number of rotatable bonds is 3. The van der Waals surface area contributed by atoms with Crippen molar-refractivity contribution in [1.29, 1.82) is 0 Å². The lowest BCUT2D eigenvalue weighted by Crippen LogP contribution is -2.73. The normalized spacial score (nSPS) is 54.6. The summed E-state index contributed by atoms with van der Waals surface area (Å²) in [5, 5.41) is 34.4. The number of aliphatic hydroxyl groups excluding tert-OH is 2. The third-order valence-electron chi connectivity index (χ3n) is 14.6. The first-order valence-corrected chi connectivity index (χ1v) is 15.9. The number of carbonyl (C=O) groups excluding carboxylic acids is 1. The summed E-state index contributed by atoms with van der Waals surface area (Å²) in [5.41, 5.74) is -1.09. The molecule has 6 heteroatoms. The first-order valence-electron chi connectivity index (χ1n) is 15.9. The molecule has 0 aromatic heterocycles. The van der Waals surface area contributed by atoms with Gasteiger partial charge in [-0.3, -0.25) is 4.79 Å². The molecule has 39 heavy (non-hydrogen) atoms. The van der Waals surface area contributed by atoms with Gasteiger partial charge in [-0.1, -0.05) is 34.6 Å². The van der Waals surface area contributed by atoms with Crippen molar-refractivity contribution in [3.8, 4) is 0 Å². The second-order valence-electron chi connectivity index (χ2n) is 16.6. The first kappa shape index (κ1) is 28.4. The van der Waals surface area contributed by atoms with E-state index in [1.807, 2.05) is 0 Å². The van der Waals surface area contributed by atoms with Crippen LogP contribution >= 0.6 is 0 Å². The van der Waals surface area contributed by atoms with Crippen LogP contribution in [0.2, 0.25) is 0 Å². The van der Waals surface area contributed by atoms with Crippen LogP contribution in [0.15, 0.2) is 0 Å².